The monoisotopic (exact) mass is 225 g/mol. The van der Waals surface area contributed by atoms with Crippen molar-refractivity contribution in [3.8, 4) is 0 Å². The number of benzene rings is 1. The Hall–Kier alpha value is -1.33. The number of carbonyl (C=O) groups excluding carboxylic acids is 1. The molecule has 0 aromatic heterocycles. The van der Waals surface area contributed by atoms with Crippen LogP contribution in [0.25, 0.3) is 0 Å². The van der Waals surface area contributed by atoms with Crippen LogP contribution in [0.5, 0.6) is 0 Å². The topological polar surface area (TPSA) is 80.4 Å². The van der Waals surface area contributed by atoms with E-state index in [4.69, 9.17) is 10.8 Å². The largest absolute Gasteiger partial charge is 0.480 e. The quantitative estimate of drug-likeness (QED) is 0.798. The molecule has 0 fully saturated rings. The zero-order chi connectivity index (χ0) is 11.3. The summed E-state index contributed by atoms with van der Waals surface area (Å²) in [5.74, 6) is -1.01. The van der Waals surface area contributed by atoms with Crippen LogP contribution in [0.1, 0.15) is 10.4 Å². The van der Waals surface area contributed by atoms with Crippen molar-refractivity contribution in [3.63, 3.8) is 0 Å². The third-order valence-electron chi connectivity index (χ3n) is 1.72. The summed E-state index contributed by atoms with van der Waals surface area (Å²) in [6.45, 7) is 0. The summed E-state index contributed by atoms with van der Waals surface area (Å²) in [5, 5.41) is 8.36. The summed E-state index contributed by atoms with van der Waals surface area (Å²) < 4.78 is 0. The average Bonchev–Trinajstić information content (AvgIpc) is 2.26. The summed E-state index contributed by atoms with van der Waals surface area (Å²) in [7, 11) is 0. The van der Waals surface area contributed by atoms with Gasteiger partial charge >= 0.3 is 5.97 Å². The minimum atomic E-state index is -1.09. The molecule has 1 aromatic rings. The highest BCUT2D eigenvalue weighted by molar-refractivity contribution is 8.14. The first-order valence-corrected chi connectivity index (χ1v) is 5.30. The van der Waals surface area contributed by atoms with Gasteiger partial charge in [0.05, 0.1) is 0 Å². The zero-order valence-electron chi connectivity index (χ0n) is 7.92. The van der Waals surface area contributed by atoms with Gasteiger partial charge in [-0.05, 0) is 0 Å². The number of nitrogens with two attached hydrogens (primary N) is 1. The Morgan fingerprint density at radius 1 is 1.33 bits per heavy atom. The van der Waals surface area contributed by atoms with Crippen LogP contribution in [-0.4, -0.2) is 28.0 Å². The molecule has 0 aliphatic heterocycles. The number of hydrogen-bond acceptors (Lipinski definition) is 4. The first-order chi connectivity index (χ1) is 7.11. The maximum atomic E-state index is 11.5. The predicted molar refractivity (Wildman–Crippen MR) is 58.8 cm³/mol. The Morgan fingerprint density at radius 2 is 1.93 bits per heavy atom. The molecule has 0 radical (unpaired) electrons. The van der Waals surface area contributed by atoms with Crippen molar-refractivity contribution < 1.29 is 14.7 Å². The van der Waals surface area contributed by atoms with E-state index in [1.165, 1.54) is 0 Å². The molecular formula is C10H11NO3S. The molecule has 1 rings (SSSR count). The van der Waals surface area contributed by atoms with Gasteiger partial charge in [-0.1, -0.05) is 42.1 Å². The number of rotatable bonds is 4. The maximum absolute atomic E-state index is 11.5. The lowest BCUT2D eigenvalue weighted by Crippen LogP contribution is -2.32. The lowest BCUT2D eigenvalue weighted by molar-refractivity contribution is -0.137. The van der Waals surface area contributed by atoms with Crippen LogP contribution >= 0.6 is 11.8 Å². The molecule has 0 aliphatic rings. The molecule has 0 saturated heterocycles. The van der Waals surface area contributed by atoms with Gasteiger partial charge in [0.2, 0.25) is 5.12 Å². The zero-order valence-corrected chi connectivity index (χ0v) is 8.74. The van der Waals surface area contributed by atoms with E-state index in [0.717, 1.165) is 11.8 Å². The Balaban J connectivity index is 2.47. The number of aliphatic carboxylic acids is 1. The molecule has 80 valence electrons. The van der Waals surface area contributed by atoms with Gasteiger partial charge in [0.1, 0.15) is 6.04 Å². The number of carboxylic acid groups (broad SMARTS) is 1. The van der Waals surface area contributed by atoms with E-state index < -0.39 is 12.0 Å². The molecule has 0 unspecified atom stereocenters. The fourth-order valence-corrected chi connectivity index (χ4v) is 1.67. The molecule has 0 amide bonds. The number of carboxylic acids is 1. The van der Waals surface area contributed by atoms with Gasteiger partial charge in [0.15, 0.2) is 0 Å². The Labute approximate surface area is 91.5 Å². The Kier molecular flexibility index (Phi) is 4.33. The average molecular weight is 225 g/mol. The van der Waals surface area contributed by atoms with Gasteiger partial charge in [-0.25, -0.2) is 0 Å². The summed E-state index contributed by atoms with van der Waals surface area (Å²) in [5.41, 5.74) is 5.83. The van der Waals surface area contributed by atoms with E-state index in [1.807, 2.05) is 6.07 Å². The minimum Gasteiger partial charge on any atom is -0.480 e. The predicted octanol–water partition coefficient (Wildman–Crippen LogP) is 0.972. The van der Waals surface area contributed by atoms with E-state index in [2.05, 4.69) is 0 Å². The minimum absolute atomic E-state index is 0.0864. The summed E-state index contributed by atoms with van der Waals surface area (Å²) in [6.07, 6.45) is 0. The SMILES string of the molecule is N[C@H](CSC(=O)c1ccccc1)C(=O)O. The molecule has 5 heteroatoms. The molecule has 1 aromatic carbocycles. The highest BCUT2D eigenvalue weighted by atomic mass is 32.2. The fourth-order valence-electron chi connectivity index (χ4n) is 0.894. The van der Waals surface area contributed by atoms with Crippen molar-refractivity contribution in [1.29, 1.82) is 0 Å². The summed E-state index contributed by atoms with van der Waals surface area (Å²) >= 11 is 0.921. The second kappa shape index (κ2) is 5.53. The van der Waals surface area contributed by atoms with Crippen LogP contribution in [-0.2, 0) is 4.79 Å². The van der Waals surface area contributed by atoms with Crippen LogP contribution in [0.2, 0.25) is 0 Å². The van der Waals surface area contributed by atoms with Gasteiger partial charge in [0, 0.05) is 11.3 Å². The van der Waals surface area contributed by atoms with Crippen LogP contribution in [0.4, 0.5) is 0 Å². The van der Waals surface area contributed by atoms with E-state index in [9.17, 15) is 9.59 Å². The normalized spacial score (nSPS) is 12.1. The summed E-state index contributed by atoms with van der Waals surface area (Å²) in [4.78, 5) is 21.9. The fraction of sp³-hybridized carbons (Fsp3) is 0.200. The highest BCUT2D eigenvalue weighted by Gasteiger charge is 2.14. The van der Waals surface area contributed by atoms with E-state index in [0.29, 0.717) is 5.56 Å². The van der Waals surface area contributed by atoms with Gasteiger partial charge in [-0.2, -0.15) is 0 Å². The summed E-state index contributed by atoms with van der Waals surface area (Å²) in [6, 6.07) is 7.69. The second-order valence-electron chi connectivity index (χ2n) is 2.91. The molecule has 0 bridgehead atoms. The molecule has 3 N–H and O–H groups in total. The lowest BCUT2D eigenvalue weighted by atomic mass is 10.2. The third kappa shape index (κ3) is 3.73. The molecular weight excluding hydrogens is 214 g/mol. The second-order valence-corrected chi connectivity index (χ2v) is 3.90. The van der Waals surface area contributed by atoms with Gasteiger partial charge in [0.25, 0.3) is 0 Å². The molecule has 0 heterocycles. The molecule has 0 saturated carbocycles. The van der Waals surface area contributed by atoms with Crippen LogP contribution in [0.3, 0.4) is 0 Å². The number of carbonyl (C=O) groups is 2. The molecule has 0 aliphatic carbocycles. The van der Waals surface area contributed by atoms with Gasteiger partial charge < -0.3 is 10.8 Å². The van der Waals surface area contributed by atoms with Crippen molar-refractivity contribution in [1.82, 2.24) is 0 Å². The van der Waals surface area contributed by atoms with E-state index in [1.54, 1.807) is 24.3 Å². The Morgan fingerprint density at radius 3 is 2.47 bits per heavy atom. The third-order valence-corrected chi connectivity index (χ3v) is 2.74. The number of hydrogen-bond donors (Lipinski definition) is 2. The van der Waals surface area contributed by atoms with E-state index in [-0.39, 0.29) is 10.9 Å². The first kappa shape index (κ1) is 11.7. The van der Waals surface area contributed by atoms with Crippen molar-refractivity contribution in [3.05, 3.63) is 35.9 Å². The van der Waals surface area contributed by atoms with Crippen molar-refractivity contribution in [2.45, 2.75) is 6.04 Å². The van der Waals surface area contributed by atoms with E-state index >= 15 is 0 Å². The molecule has 4 nitrogen and oxygen atoms in total. The maximum Gasteiger partial charge on any atom is 0.321 e. The Bertz CT molecular complexity index is 353. The first-order valence-electron chi connectivity index (χ1n) is 4.32. The van der Waals surface area contributed by atoms with Crippen molar-refractivity contribution >= 4 is 22.8 Å². The van der Waals surface area contributed by atoms with Gasteiger partial charge in [-0.15, -0.1) is 0 Å². The highest BCUT2D eigenvalue weighted by Crippen LogP contribution is 2.12. The standard InChI is InChI=1S/C10H11NO3S/c11-8(9(12)13)6-15-10(14)7-4-2-1-3-5-7/h1-5,8H,6,11H2,(H,12,13)/t8-/m1/s1. The smallest absolute Gasteiger partial charge is 0.321 e. The number of thioether (sulfide) groups is 1. The van der Waals surface area contributed by atoms with Crippen LogP contribution in [0, 0.1) is 0 Å². The molecule has 1 atom stereocenters. The molecule has 15 heavy (non-hydrogen) atoms. The molecule has 0 spiro atoms. The van der Waals surface area contributed by atoms with Crippen molar-refractivity contribution in [2.75, 3.05) is 5.75 Å². The lowest BCUT2D eigenvalue weighted by Gasteiger charge is -2.04. The van der Waals surface area contributed by atoms with Gasteiger partial charge in [-0.3, -0.25) is 9.59 Å². The van der Waals surface area contributed by atoms with Crippen LogP contribution < -0.4 is 5.73 Å². The van der Waals surface area contributed by atoms with Crippen molar-refractivity contribution in [2.24, 2.45) is 5.73 Å². The van der Waals surface area contributed by atoms with Crippen LogP contribution in [0.15, 0.2) is 30.3 Å².